The minimum Gasteiger partial charge on any atom is -0.508 e. The lowest BCUT2D eigenvalue weighted by molar-refractivity contribution is -0.148. The standard InChI is InChI=1S/C17H15BrN2O5/c18-14-4-2-1-3-13(14)17(24)20-19-15(22)10-25-16(23)9-11-5-7-12(21)8-6-11/h1-8,21H,9-10H2,(H,19,22)(H,20,24). The topological polar surface area (TPSA) is 105 Å². The molecule has 0 aliphatic carbocycles. The lowest BCUT2D eigenvalue weighted by atomic mass is 10.1. The van der Waals surface area contributed by atoms with Crippen molar-refractivity contribution in [3.05, 3.63) is 64.1 Å². The van der Waals surface area contributed by atoms with Crippen LogP contribution in [0.4, 0.5) is 0 Å². The van der Waals surface area contributed by atoms with Crippen molar-refractivity contribution >= 4 is 33.7 Å². The van der Waals surface area contributed by atoms with E-state index in [-0.39, 0.29) is 12.2 Å². The van der Waals surface area contributed by atoms with Gasteiger partial charge in [0, 0.05) is 4.47 Å². The molecule has 8 heteroatoms. The van der Waals surface area contributed by atoms with E-state index in [0.717, 1.165) is 0 Å². The number of hydrogen-bond acceptors (Lipinski definition) is 5. The molecule has 2 aromatic rings. The van der Waals surface area contributed by atoms with Gasteiger partial charge in [0.15, 0.2) is 6.61 Å². The summed E-state index contributed by atoms with van der Waals surface area (Å²) in [4.78, 5) is 35.2. The predicted octanol–water partition coefficient (Wildman–Crippen LogP) is 1.70. The van der Waals surface area contributed by atoms with E-state index in [1.807, 2.05) is 0 Å². The van der Waals surface area contributed by atoms with E-state index in [4.69, 9.17) is 9.84 Å². The van der Waals surface area contributed by atoms with Crippen LogP contribution in [-0.2, 0) is 20.7 Å². The second kappa shape index (κ2) is 8.84. The Labute approximate surface area is 152 Å². The summed E-state index contributed by atoms with van der Waals surface area (Å²) < 4.78 is 5.41. The molecule has 0 aliphatic rings. The van der Waals surface area contributed by atoms with Crippen molar-refractivity contribution in [2.45, 2.75) is 6.42 Å². The van der Waals surface area contributed by atoms with Crippen molar-refractivity contribution in [1.82, 2.24) is 10.9 Å². The number of amides is 2. The average Bonchev–Trinajstić information content (AvgIpc) is 2.60. The number of phenolic OH excluding ortho intramolecular Hbond substituents is 1. The van der Waals surface area contributed by atoms with Crippen LogP contribution in [0.5, 0.6) is 5.75 Å². The number of nitrogens with one attached hydrogen (secondary N) is 2. The molecule has 0 saturated heterocycles. The smallest absolute Gasteiger partial charge is 0.310 e. The third kappa shape index (κ3) is 5.92. The monoisotopic (exact) mass is 406 g/mol. The Kier molecular flexibility index (Phi) is 6.53. The molecular formula is C17H15BrN2O5. The molecule has 0 atom stereocenters. The molecule has 2 amide bonds. The minimum absolute atomic E-state index is 0.0309. The van der Waals surface area contributed by atoms with E-state index in [1.54, 1.807) is 36.4 Å². The number of ether oxygens (including phenoxy) is 1. The zero-order valence-electron chi connectivity index (χ0n) is 13.0. The second-order valence-corrected chi connectivity index (χ2v) is 5.84. The first-order valence-electron chi connectivity index (χ1n) is 7.23. The predicted molar refractivity (Wildman–Crippen MR) is 92.5 cm³/mol. The number of carbonyl (C=O) groups is 3. The Morgan fingerprint density at radius 3 is 2.36 bits per heavy atom. The van der Waals surface area contributed by atoms with Crippen molar-refractivity contribution in [3.63, 3.8) is 0 Å². The SMILES string of the molecule is O=C(COC(=O)Cc1ccc(O)cc1)NNC(=O)c1ccccc1Br. The van der Waals surface area contributed by atoms with Crippen LogP contribution in [0.2, 0.25) is 0 Å². The van der Waals surface area contributed by atoms with Crippen molar-refractivity contribution in [2.75, 3.05) is 6.61 Å². The molecule has 0 saturated carbocycles. The first kappa shape index (κ1) is 18.5. The summed E-state index contributed by atoms with van der Waals surface area (Å²) in [5.74, 6) is -1.68. The Morgan fingerprint density at radius 1 is 1.00 bits per heavy atom. The fourth-order valence-corrected chi connectivity index (χ4v) is 2.32. The Hall–Kier alpha value is -2.87. The van der Waals surface area contributed by atoms with Gasteiger partial charge in [-0.2, -0.15) is 0 Å². The Balaban J connectivity index is 1.73. The summed E-state index contributed by atoms with van der Waals surface area (Å²) >= 11 is 3.23. The lowest BCUT2D eigenvalue weighted by Crippen LogP contribution is -2.43. The molecule has 0 spiro atoms. The van der Waals surface area contributed by atoms with Crippen molar-refractivity contribution in [2.24, 2.45) is 0 Å². The molecule has 0 aromatic heterocycles. The van der Waals surface area contributed by atoms with Gasteiger partial charge in [-0.05, 0) is 45.8 Å². The first-order valence-corrected chi connectivity index (χ1v) is 8.02. The van der Waals surface area contributed by atoms with E-state index in [0.29, 0.717) is 15.6 Å². The molecule has 25 heavy (non-hydrogen) atoms. The van der Waals surface area contributed by atoms with Gasteiger partial charge in [0.25, 0.3) is 11.8 Å². The van der Waals surface area contributed by atoms with Gasteiger partial charge in [-0.15, -0.1) is 0 Å². The number of hydrogen-bond donors (Lipinski definition) is 3. The van der Waals surface area contributed by atoms with Gasteiger partial charge in [0.1, 0.15) is 5.75 Å². The minimum atomic E-state index is -0.667. The van der Waals surface area contributed by atoms with Crippen molar-refractivity contribution in [3.8, 4) is 5.75 Å². The molecule has 0 unspecified atom stereocenters. The van der Waals surface area contributed by atoms with Crippen molar-refractivity contribution in [1.29, 1.82) is 0 Å². The number of halogens is 1. The van der Waals surface area contributed by atoms with E-state index in [2.05, 4.69) is 26.8 Å². The fourth-order valence-electron chi connectivity index (χ4n) is 1.85. The number of phenols is 1. The number of aromatic hydroxyl groups is 1. The molecule has 0 heterocycles. The number of rotatable bonds is 5. The highest BCUT2D eigenvalue weighted by Crippen LogP contribution is 2.15. The maximum atomic E-state index is 11.9. The third-order valence-electron chi connectivity index (χ3n) is 3.08. The highest BCUT2D eigenvalue weighted by molar-refractivity contribution is 9.10. The number of benzene rings is 2. The summed E-state index contributed by atoms with van der Waals surface area (Å²) in [5.41, 5.74) is 5.39. The first-order chi connectivity index (χ1) is 12.0. The molecule has 0 aliphatic heterocycles. The zero-order valence-corrected chi connectivity index (χ0v) is 14.6. The zero-order chi connectivity index (χ0) is 18.2. The summed E-state index contributed by atoms with van der Waals surface area (Å²) in [6, 6.07) is 12.8. The van der Waals surface area contributed by atoms with Crippen LogP contribution in [0.25, 0.3) is 0 Å². The molecule has 0 radical (unpaired) electrons. The third-order valence-corrected chi connectivity index (χ3v) is 3.77. The normalized spacial score (nSPS) is 9.96. The Morgan fingerprint density at radius 2 is 1.68 bits per heavy atom. The van der Waals surface area contributed by atoms with Gasteiger partial charge in [0.05, 0.1) is 12.0 Å². The molecular weight excluding hydrogens is 392 g/mol. The fraction of sp³-hybridized carbons (Fsp3) is 0.118. The van der Waals surface area contributed by atoms with Crippen LogP contribution >= 0.6 is 15.9 Å². The van der Waals surface area contributed by atoms with E-state index < -0.39 is 24.4 Å². The van der Waals surface area contributed by atoms with Crippen LogP contribution in [0.3, 0.4) is 0 Å². The maximum Gasteiger partial charge on any atom is 0.310 e. The second-order valence-electron chi connectivity index (χ2n) is 4.99. The van der Waals surface area contributed by atoms with E-state index in [1.165, 1.54) is 12.1 Å². The Bertz CT molecular complexity index is 777. The number of hydrazine groups is 1. The van der Waals surface area contributed by atoms with E-state index in [9.17, 15) is 14.4 Å². The van der Waals surface area contributed by atoms with Gasteiger partial charge in [0.2, 0.25) is 0 Å². The van der Waals surface area contributed by atoms with Crippen LogP contribution in [-0.4, -0.2) is 29.5 Å². The molecule has 0 fully saturated rings. The van der Waals surface area contributed by atoms with Crippen LogP contribution < -0.4 is 10.9 Å². The number of esters is 1. The van der Waals surface area contributed by atoms with Crippen LogP contribution in [0.15, 0.2) is 53.0 Å². The largest absolute Gasteiger partial charge is 0.508 e. The molecule has 130 valence electrons. The lowest BCUT2D eigenvalue weighted by Gasteiger charge is -2.09. The summed E-state index contributed by atoms with van der Waals surface area (Å²) in [6.07, 6.45) is -0.0309. The summed E-state index contributed by atoms with van der Waals surface area (Å²) in [7, 11) is 0. The van der Waals surface area contributed by atoms with Crippen molar-refractivity contribution < 1.29 is 24.2 Å². The van der Waals surface area contributed by atoms with Gasteiger partial charge in [-0.1, -0.05) is 24.3 Å². The molecule has 3 N–H and O–H groups in total. The van der Waals surface area contributed by atoms with Crippen LogP contribution in [0.1, 0.15) is 15.9 Å². The quantitative estimate of drug-likeness (QED) is 0.517. The molecule has 0 bridgehead atoms. The molecule has 7 nitrogen and oxygen atoms in total. The summed E-state index contributed by atoms with van der Waals surface area (Å²) in [5, 5.41) is 9.16. The van der Waals surface area contributed by atoms with E-state index >= 15 is 0 Å². The average molecular weight is 407 g/mol. The highest BCUT2D eigenvalue weighted by Gasteiger charge is 2.12. The van der Waals surface area contributed by atoms with Gasteiger partial charge < -0.3 is 9.84 Å². The maximum absolute atomic E-state index is 11.9. The van der Waals surface area contributed by atoms with Crippen LogP contribution in [0, 0.1) is 0 Å². The van der Waals surface area contributed by atoms with Gasteiger partial charge >= 0.3 is 5.97 Å². The van der Waals surface area contributed by atoms with Gasteiger partial charge in [-0.3, -0.25) is 25.2 Å². The number of carbonyl (C=O) groups excluding carboxylic acids is 3. The molecule has 2 rings (SSSR count). The summed E-state index contributed by atoms with van der Waals surface area (Å²) in [6.45, 7) is -0.521. The molecule has 2 aromatic carbocycles. The van der Waals surface area contributed by atoms with Gasteiger partial charge in [-0.25, -0.2) is 0 Å². The highest BCUT2D eigenvalue weighted by atomic mass is 79.9.